The molecule has 0 spiro atoms. The van der Waals surface area contributed by atoms with Gasteiger partial charge in [0.05, 0.1) is 12.5 Å². The molecule has 0 aliphatic carbocycles. The Hall–Kier alpha value is -4.04. The first-order valence-electron chi connectivity index (χ1n) is 10.2. The summed E-state index contributed by atoms with van der Waals surface area (Å²) < 4.78 is 0. The van der Waals surface area contributed by atoms with Crippen molar-refractivity contribution < 1.29 is 9.90 Å². The third kappa shape index (κ3) is 4.81. The maximum absolute atomic E-state index is 10.9. The number of anilines is 2. The van der Waals surface area contributed by atoms with Crippen LogP contribution >= 0.6 is 0 Å². The highest BCUT2D eigenvalue weighted by Gasteiger charge is 2.14. The van der Waals surface area contributed by atoms with Crippen LogP contribution in [-0.2, 0) is 4.79 Å². The molecule has 0 saturated heterocycles. The Labute approximate surface area is 185 Å². The molecule has 2 atom stereocenters. The Balaban J connectivity index is 1.55. The Bertz CT molecular complexity index is 1260. The summed E-state index contributed by atoms with van der Waals surface area (Å²) in [5.41, 5.74) is 14.4. The van der Waals surface area contributed by atoms with E-state index in [-0.39, 0.29) is 18.4 Å². The highest BCUT2D eigenvalue weighted by atomic mass is 16.4. The van der Waals surface area contributed by atoms with E-state index in [1.807, 2.05) is 19.1 Å². The first-order valence-corrected chi connectivity index (χ1v) is 10.2. The summed E-state index contributed by atoms with van der Waals surface area (Å²) in [6.07, 6.45) is -0.140. The number of nitrogens with two attached hydrogens (primary N) is 2. The van der Waals surface area contributed by atoms with E-state index in [4.69, 9.17) is 16.6 Å². The SMILES string of the molecule is C[C@@H](Nc1nc(N)nc(-c2ccc([C@@H](N)CC(=O)O)cc2)n1)c1ccc2ccccc2c1. The van der Waals surface area contributed by atoms with E-state index in [2.05, 4.69) is 50.6 Å². The summed E-state index contributed by atoms with van der Waals surface area (Å²) in [5.74, 6) is -0.0400. The standard InChI is InChI=1S/C24H24N6O2/c1-14(18-11-6-15-4-2-3-5-19(15)12-18)27-24-29-22(28-23(26)30-24)17-9-7-16(8-10-17)20(25)13-21(31)32/h2-12,14,20H,13,25H2,1H3,(H,31,32)(H3,26,27,28,29,30)/t14-,20+/m1/s1. The van der Waals surface area contributed by atoms with Gasteiger partial charge in [-0.1, -0.05) is 60.7 Å². The Morgan fingerprint density at radius 1 is 0.969 bits per heavy atom. The summed E-state index contributed by atoms with van der Waals surface area (Å²) in [4.78, 5) is 23.9. The fraction of sp³-hybridized carbons (Fsp3) is 0.167. The summed E-state index contributed by atoms with van der Waals surface area (Å²) in [5, 5.41) is 14.6. The van der Waals surface area contributed by atoms with Crippen molar-refractivity contribution in [1.29, 1.82) is 0 Å². The minimum Gasteiger partial charge on any atom is -0.481 e. The second-order valence-electron chi connectivity index (χ2n) is 7.64. The van der Waals surface area contributed by atoms with Gasteiger partial charge in [0.15, 0.2) is 5.82 Å². The van der Waals surface area contributed by atoms with Gasteiger partial charge in [0.2, 0.25) is 11.9 Å². The molecule has 0 aliphatic heterocycles. The molecule has 3 aromatic carbocycles. The van der Waals surface area contributed by atoms with Crippen LogP contribution < -0.4 is 16.8 Å². The van der Waals surface area contributed by atoms with Crippen LogP contribution in [0.5, 0.6) is 0 Å². The minimum atomic E-state index is -0.942. The summed E-state index contributed by atoms with van der Waals surface area (Å²) in [7, 11) is 0. The second-order valence-corrected chi connectivity index (χ2v) is 7.64. The van der Waals surface area contributed by atoms with Crippen molar-refractivity contribution in [3.05, 3.63) is 77.9 Å². The first-order chi connectivity index (χ1) is 15.4. The number of carbonyl (C=O) groups is 1. The van der Waals surface area contributed by atoms with Crippen molar-refractivity contribution in [2.24, 2.45) is 5.73 Å². The summed E-state index contributed by atoms with van der Waals surface area (Å²) >= 11 is 0. The van der Waals surface area contributed by atoms with Gasteiger partial charge < -0.3 is 21.9 Å². The Kier molecular flexibility index (Phi) is 5.96. The van der Waals surface area contributed by atoms with Gasteiger partial charge in [0.25, 0.3) is 0 Å². The van der Waals surface area contributed by atoms with Crippen LogP contribution in [0.15, 0.2) is 66.7 Å². The zero-order valence-electron chi connectivity index (χ0n) is 17.6. The molecule has 0 bridgehead atoms. The van der Waals surface area contributed by atoms with Crippen LogP contribution in [0.3, 0.4) is 0 Å². The number of nitrogens with zero attached hydrogens (tertiary/aromatic N) is 3. The number of hydrogen-bond donors (Lipinski definition) is 4. The lowest BCUT2D eigenvalue weighted by molar-refractivity contribution is -0.137. The molecule has 0 aliphatic rings. The average molecular weight is 428 g/mol. The van der Waals surface area contributed by atoms with E-state index in [1.54, 1.807) is 24.3 Å². The number of hydrogen-bond acceptors (Lipinski definition) is 7. The number of nitrogens with one attached hydrogen (secondary N) is 1. The maximum atomic E-state index is 10.9. The largest absolute Gasteiger partial charge is 0.481 e. The van der Waals surface area contributed by atoms with Crippen LogP contribution in [-0.4, -0.2) is 26.0 Å². The van der Waals surface area contributed by atoms with Crippen molar-refractivity contribution >= 4 is 28.6 Å². The van der Waals surface area contributed by atoms with Crippen molar-refractivity contribution in [3.8, 4) is 11.4 Å². The van der Waals surface area contributed by atoms with E-state index in [1.165, 1.54) is 5.39 Å². The molecule has 0 amide bonds. The molecule has 32 heavy (non-hydrogen) atoms. The number of carboxylic acids is 1. The fourth-order valence-electron chi connectivity index (χ4n) is 3.53. The first kappa shape index (κ1) is 21.2. The minimum absolute atomic E-state index is 0.0503. The van der Waals surface area contributed by atoms with Gasteiger partial charge in [-0.25, -0.2) is 0 Å². The third-order valence-electron chi connectivity index (χ3n) is 5.26. The van der Waals surface area contributed by atoms with Gasteiger partial charge in [0, 0.05) is 11.6 Å². The molecular formula is C24H24N6O2. The summed E-state index contributed by atoms with van der Waals surface area (Å²) in [6.45, 7) is 2.03. The molecule has 0 radical (unpaired) electrons. The Morgan fingerprint density at radius 3 is 2.38 bits per heavy atom. The molecular weight excluding hydrogens is 404 g/mol. The van der Waals surface area contributed by atoms with Gasteiger partial charge >= 0.3 is 5.97 Å². The number of rotatable bonds is 7. The topological polar surface area (TPSA) is 140 Å². The number of benzene rings is 3. The molecule has 8 nitrogen and oxygen atoms in total. The predicted molar refractivity (Wildman–Crippen MR) is 125 cm³/mol. The van der Waals surface area contributed by atoms with E-state index < -0.39 is 12.0 Å². The number of aromatic nitrogens is 3. The molecule has 8 heteroatoms. The molecule has 162 valence electrons. The number of carboxylic acid groups (broad SMARTS) is 1. The van der Waals surface area contributed by atoms with Gasteiger partial charge in [-0.3, -0.25) is 4.79 Å². The van der Waals surface area contributed by atoms with E-state index >= 15 is 0 Å². The number of aliphatic carboxylic acids is 1. The lowest BCUT2D eigenvalue weighted by Gasteiger charge is -2.16. The van der Waals surface area contributed by atoms with Crippen molar-refractivity contribution in [2.45, 2.75) is 25.4 Å². The normalized spacial score (nSPS) is 12.9. The molecule has 0 saturated carbocycles. The van der Waals surface area contributed by atoms with Crippen molar-refractivity contribution in [3.63, 3.8) is 0 Å². The average Bonchev–Trinajstić information content (AvgIpc) is 2.78. The number of nitrogen functional groups attached to an aromatic ring is 1. The van der Waals surface area contributed by atoms with Crippen LogP contribution in [0, 0.1) is 0 Å². The second kappa shape index (κ2) is 8.99. The van der Waals surface area contributed by atoms with Crippen molar-refractivity contribution in [2.75, 3.05) is 11.1 Å². The smallest absolute Gasteiger partial charge is 0.305 e. The van der Waals surface area contributed by atoms with E-state index in [9.17, 15) is 4.79 Å². The lowest BCUT2D eigenvalue weighted by atomic mass is 10.0. The van der Waals surface area contributed by atoms with Crippen LogP contribution in [0.25, 0.3) is 22.2 Å². The van der Waals surface area contributed by atoms with Crippen LogP contribution in [0.2, 0.25) is 0 Å². The Morgan fingerprint density at radius 2 is 1.66 bits per heavy atom. The fourth-order valence-corrected chi connectivity index (χ4v) is 3.53. The summed E-state index contributed by atoms with van der Waals surface area (Å²) in [6, 6.07) is 21.0. The van der Waals surface area contributed by atoms with Crippen LogP contribution in [0.1, 0.15) is 36.6 Å². The maximum Gasteiger partial charge on any atom is 0.305 e. The van der Waals surface area contributed by atoms with Gasteiger partial charge in [-0.15, -0.1) is 0 Å². The van der Waals surface area contributed by atoms with Crippen molar-refractivity contribution in [1.82, 2.24) is 15.0 Å². The lowest BCUT2D eigenvalue weighted by Crippen LogP contribution is -2.15. The monoisotopic (exact) mass is 428 g/mol. The van der Waals surface area contributed by atoms with Gasteiger partial charge in [0.1, 0.15) is 0 Å². The molecule has 1 heterocycles. The van der Waals surface area contributed by atoms with E-state index in [0.29, 0.717) is 11.8 Å². The zero-order valence-corrected chi connectivity index (χ0v) is 17.6. The molecule has 1 aromatic heterocycles. The highest BCUT2D eigenvalue weighted by Crippen LogP contribution is 2.25. The quantitative estimate of drug-likeness (QED) is 0.347. The van der Waals surface area contributed by atoms with Gasteiger partial charge in [-0.05, 0) is 34.9 Å². The molecule has 4 aromatic rings. The van der Waals surface area contributed by atoms with Gasteiger partial charge in [-0.2, -0.15) is 15.0 Å². The molecule has 0 fully saturated rings. The highest BCUT2D eigenvalue weighted by molar-refractivity contribution is 5.83. The van der Waals surface area contributed by atoms with E-state index in [0.717, 1.165) is 22.1 Å². The molecule has 6 N–H and O–H groups in total. The molecule has 0 unspecified atom stereocenters. The van der Waals surface area contributed by atoms with Crippen LogP contribution in [0.4, 0.5) is 11.9 Å². The number of fused-ring (bicyclic) bond motifs is 1. The predicted octanol–water partition coefficient (Wildman–Crippen LogP) is 3.92. The third-order valence-corrected chi connectivity index (χ3v) is 5.26. The molecule has 4 rings (SSSR count). The zero-order chi connectivity index (χ0) is 22.7.